The lowest BCUT2D eigenvalue weighted by Gasteiger charge is -2.18. The number of nitrogens with one attached hydrogen (secondary N) is 1. The second kappa shape index (κ2) is 9.03. The molecule has 1 N–H and O–H groups in total. The SMILES string of the molecule is CCNC(CSCC)Cc1c(Br)c(CC)nn1CC. The van der Waals surface area contributed by atoms with E-state index < -0.39 is 0 Å². The Balaban J connectivity index is 2.84. The molecule has 1 aromatic heterocycles. The van der Waals surface area contributed by atoms with Gasteiger partial charge in [0.25, 0.3) is 0 Å². The van der Waals surface area contributed by atoms with E-state index in [9.17, 15) is 0 Å². The van der Waals surface area contributed by atoms with Crippen molar-refractivity contribution in [2.45, 2.75) is 53.1 Å². The predicted octanol–water partition coefficient (Wildman–Crippen LogP) is 3.50. The Labute approximate surface area is 130 Å². The van der Waals surface area contributed by atoms with E-state index in [2.05, 4.69) is 58.7 Å². The highest BCUT2D eigenvalue weighted by atomic mass is 79.9. The Kier molecular flexibility index (Phi) is 8.11. The highest BCUT2D eigenvalue weighted by Crippen LogP contribution is 2.24. The Morgan fingerprint density at radius 3 is 2.58 bits per heavy atom. The maximum Gasteiger partial charge on any atom is 0.0766 e. The molecule has 19 heavy (non-hydrogen) atoms. The fourth-order valence-corrected chi connectivity index (χ4v) is 3.67. The van der Waals surface area contributed by atoms with Gasteiger partial charge in [0.15, 0.2) is 0 Å². The van der Waals surface area contributed by atoms with E-state index >= 15 is 0 Å². The minimum Gasteiger partial charge on any atom is -0.313 e. The lowest BCUT2D eigenvalue weighted by molar-refractivity contribution is 0.532. The monoisotopic (exact) mass is 347 g/mol. The van der Waals surface area contributed by atoms with Crippen LogP contribution in [-0.2, 0) is 19.4 Å². The van der Waals surface area contributed by atoms with Crippen LogP contribution in [0.5, 0.6) is 0 Å². The fraction of sp³-hybridized carbons (Fsp3) is 0.786. The number of aromatic nitrogens is 2. The molecule has 0 saturated carbocycles. The normalized spacial score (nSPS) is 12.9. The maximum atomic E-state index is 4.68. The Morgan fingerprint density at radius 2 is 2.05 bits per heavy atom. The summed E-state index contributed by atoms with van der Waals surface area (Å²) < 4.78 is 3.35. The molecule has 1 atom stereocenters. The molecule has 1 rings (SSSR count). The average Bonchev–Trinajstić information content (AvgIpc) is 2.72. The predicted molar refractivity (Wildman–Crippen MR) is 89.1 cm³/mol. The van der Waals surface area contributed by atoms with Crippen molar-refractivity contribution in [2.75, 3.05) is 18.1 Å². The van der Waals surface area contributed by atoms with Crippen molar-refractivity contribution in [1.82, 2.24) is 15.1 Å². The van der Waals surface area contributed by atoms with E-state index in [0.717, 1.165) is 31.7 Å². The molecule has 0 radical (unpaired) electrons. The van der Waals surface area contributed by atoms with E-state index in [-0.39, 0.29) is 0 Å². The molecule has 1 aromatic rings. The molecule has 0 aromatic carbocycles. The number of hydrogen-bond acceptors (Lipinski definition) is 3. The van der Waals surface area contributed by atoms with Gasteiger partial charge in [0.2, 0.25) is 0 Å². The summed E-state index contributed by atoms with van der Waals surface area (Å²) in [6, 6.07) is 0.526. The number of thioether (sulfide) groups is 1. The van der Waals surface area contributed by atoms with Gasteiger partial charge in [-0.1, -0.05) is 20.8 Å². The smallest absolute Gasteiger partial charge is 0.0766 e. The van der Waals surface area contributed by atoms with Crippen molar-refractivity contribution in [3.05, 3.63) is 15.9 Å². The van der Waals surface area contributed by atoms with Crippen molar-refractivity contribution < 1.29 is 0 Å². The van der Waals surface area contributed by atoms with Gasteiger partial charge in [-0.15, -0.1) is 0 Å². The summed E-state index contributed by atoms with van der Waals surface area (Å²) in [4.78, 5) is 0. The Bertz CT molecular complexity index is 379. The van der Waals surface area contributed by atoms with Gasteiger partial charge in [-0.3, -0.25) is 4.68 Å². The first-order chi connectivity index (χ1) is 9.17. The number of halogens is 1. The molecule has 110 valence electrons. The van der Waals surface area contributed by atoms with Crippen LogP contribution < -0.4 is 5.32 Å². The standard InChI is InChI=1S/C14H26BrN3S/c1-5-12-14(15)13(18(7-3)17-12)9-11(16-6-2)10-19-8-4/h11,16H,5-10H2,1-4H3. The summed E-state index contributed by atoms with van der Waals surface area (Å²) in [6.45, 7) is 10.7. The molecule has 5 heteroatoms. The van der Waals surface area contributed by atoms with Crippen LogP contribution in [-0.4, -0.2) is 33.9 Å². The molecule has 3 nitrogen and oxygen atoms in total. The third kappa shape index (κ3) is 4.80. The lowest BCUT2D eigenvalue weighted by Crippen LogP contribution is -2.34. The van der Waals surface area contributed by atoms with Crippen molar-refractivity contribution >= 4 is 27.7 Å². The number of nitrogens with zero attached hydrogens (tertiary/aromatic N) is 2. The van der Waals surface area contributed by atoms with Gasteiger partial charge < -0.3 is 5.32 Å². The first-order valence-electron chi connectivity index (χ1n) is 7.22. The zero-order valence-corrected chi connectivity index (χ0v) is 14.9. The van der Waals surface area contributed by atoms with Crippen LogP contribution in [0, 0.1) is 0 Å². The number of hydrogen-bond donors (Lipinski definition) is 1. The fourth-order valence-electron chi connectivity index (χ4n) is 2.18. The molecule has 0 aliphatic rings. The quantitative estimate of drug-likeness (QED) is 0.741. The van der Waals surface area contributed by atoms with Gasteiger partial charge in [-0.05, 0) is 41.6 Å². The van der Waals surface area contributed by atoms with Crippen molar-refractivity contribution in [2.24, 2.45) is 0 Å². The second-order valence-electron chi connectivity index (χ2n) is 4.49. The highest BCUT2D eigenvalue weighted by molar-refractivity contribution is 9.10. The van der Waals surface area contributed by atoms with Crippen LogP contribution in [0.2, 0.25) is 0 Å². The summed E-state index contributed by atoms with van der Waals surface area (Å²) in [5.74, 6) is 2.34. The first-order valence-corrected chi connectivity index (χ1v) is 9.17. The van der Waals surface area contributed by atoms with Crippen molar-refractivity contribution in [1.29, 1.82) is 0 Å². The summed E-state index contributed by atoms with van der Waals surface area (Å²) in [6.07, 6.45) is 2.03. The van der Waals surface area contributed by atoms with Crippen LogP contribution in [0.15, 0.2) is 4.47 Å². The van der Waals surface area contributed by atoms with Gasteiger partial charge >= 0.3 is 0 Å². The maximum absolute atomic E-state index is 4.68. The lowest BCUT2D eigenvalue weighted by atomic mass is 10.1. The molecule has 1 heterocycles. The number of aryl methyl sites for hydroxylation is 2. The van der Waals surface area contributed by atoms with E-state index in [1.807, 2.05) is 11.8 Å². The molecule has 0 aliphatic heterocycles. The minimum absolute atomic E-state index is 0.526. The van der Waals surface area contributed by atoms with E-state index in [4.69, 9.17) is 0 Å². The molecule has 0 spiro atoms. The van der Waals surface area contributed by atoms with Gasteiger partial charge in [0.1, 0.15) is 0 Å². The molecule has 0 aliphatic carbocycles. The second-order valence-corrected chi connectivity index (χ2v) is 6.61. The van der Waals surface area contributed by atoms with Gasteiger partial charge in [-0.2, -0.15) is 16.9 Å². The van der Waals surface area contributed by atoms with Gasteiger partial charge in [0.05, 0.1) is 15.9 Å². The zero-order valence-electron chi connectivity index (χ0n) is 12.5. The molecular formula is C14H26BrN3S. The Hall–Kier alpha value is 0. The van der Waals surface area contributed by atoms with E-state index in [1.54, 1.807) is 0 Å². The topological polar surface area (TPSA) is 29.9 Å². The van der Waals surface area contributed by atoms with Gasteiger partial charge in [0, 0.05) is 24.8 Å². The zero-order chi connectivity index (χ0) is 14.3. The van der Waals surface area contributed by atoms with Crippen LogP contribution in [0.3, 0.4) is 0 Å². The largest absolute Gasteiger partial charge is 0.313 e. The molecule has 1 unspecified atom stereocenters. The highest BCUT2D eigenvalue weighted by Gasteiger charge is 2.18. The van der Waals surface area contributed by atoms with E-state index in [1.165, 1.54) is 21.6 Å². The van der Waals surface area contributed by atoms with Crippen LogP contribution in [0.25, 0.3) is 0 Å². The minimum atomic E-state index is 0.526. The molecule has 0 amide bonds. The summed E-state index contributed by atoms with van der Waals surface area (Å²) in [5.41, 5.74) is 2.51. The summed E-state index contributed by atoms with van der Waals surface area (Å²) >= 11 is 5.73. The summed E-state index contributed by atoms with van der Waals surface area (Å²) in [5, 5.41) is 8.26. The van der Waals surface area contributed by atoms with E-state index in [0.29, 0.717) is 6.04 Å². The first kappa shape index (κ1) is 17.1. The summed E-state index contributed by atoms with van der Waals surface area (Å²) in [7, 11) is 0. The Morgan fingerprint density at radius 1 is 1.32 bits per heavy atom. The third-order valence-electron chi connectivity index (χ3n) is 3.15. The molecule has 0 saturated heterocycles. The number of likely N-dealkylation sites (N-methyl/N-ethyl adjacent to an activating group) is 1. The molecule has 0 fully saturated rings. The van der Waals surface area contributed by atoms with Gasteiger partial charge in [-0.25, -0.2) is 0 Å². The van der Waals surface area contributed by atoms with Crippen LogP contribution in [0.1, 0.15) is 39.1 Å². The van der Waals surface area contributed by atoms with Crippen molar-refractivity contribution in [3.8, 4) is 0 Å². The molecular weight excluding hydrogens is 322 g/mol. The third-order valence-corrected chi connectivity index (χ3v) is 5.11. The molecule has 0 bridgehead atoms. The van der Waals surface area contributed by atoms with Crippen LogP contribution in [0.4, 0.5) is 0 Å². The van der Waals surface area contributed by atoms with Crippen molar-refractivity contribution in [3.63, 3.8) is 0 Å². The van der Waals surface area contributed by atoms with Crippen LogP contribution >= 0.6 is 27.7 Å². The average molecular weight is 348 g/mol. The number of rotatable bonds is 9.